The zero-order chi connectivity index (χ0) is 26.9. The van der Waals surface area contributed by atoms with Gasteiger partial charge in [-0.3, -0.25) is 4.79 Å². The lowest BCUT2D eigenvalue weighted by atomic mass is 9.96. The molecule has 2 aromatic heterocycles. The number of piperazine rings is 1. The number of hydrogen-bond donors (Lipinski definition) is 2. The van der Waals surface area contributed by atoms with Gasteiger partial charge in [-0.25, -0.2) is 24.1 Å². The number of halogens is 1. The molecule has 1 fully saturated rings. The van der Waals surface area contributed by atoms with E-state index < -0.39 is 11.4 Å². The van der Waals surface area contributed by atoms with Crippen LogP contribution in [0.3, 0.4) is 0 Å². The highest BCUT2D eigenvalue weighted by Gasteiger charge is 2.26. The van der Waals surface area contributed by atoms with Crippen molar-refractivity contribution >= 4 is 29.5 Å². The second kappa shape index (κ2) is 10.2. The summed E-state index contributed by atoms with van der Waals surface area (Å²) in [7, 11) is 0. The Morgan fingerprint density at radius 3 is 2.58 bits per heavy atom. The predicted octanol–water partition coefficient (Wildman–Crippen LogP) is 3.76. The van der Waals surface area contributed by atoms with Crippen molar-refractivity contribution in [2.45, 2.75) is 32.8 Å². The molecule has 2 aliphatic rings. The third-order valence-corrected chi connectivity index (χ3v) is 6.33. The predicted molar refractivity (Wildman–Crippen MR) is 141 cm³/mol. The number of pyridine rings is 1. The van der Waals surface area contributed by atoms with E-state index in [2.05, 4.69) is 30.5 Å². The molecule has 2 aliphatic heterocycles. The van der Waals surface area contributed by atoms with Gasteiger partial charge in [0, 0.05) is 43.9 Å². The normalized spacial score (nSPS) is 15.5. The Labute approximate surface area is 220 Å². The van der Waals surface area contributed by atoms with Crippen LogP contribution in [0.25, 0.3) is 11.3 Å². The van der Waals surface area contributed by atoms with Gasteiger partial charge < -0.3 is 25.2 Å². The minimum absolute atomic E-state index is 0.122. The molecule has 11 heteroatoms. The molecule has 0 atom stereocenters. The molecule has 0 saturated carbocycles. The van der Waals surface area contributed by atoms with Crippen molar-refractivity contribution in [3.05, 3.63) is 59.7 Å². The topological polar surface area (TPSA) is 113 Å². The molecule has 4 heterocycles. The molecule has 0 unspecified atom stereocenters. The largest absolute Gasteiger partial charge is 0.444 e. The van der Waals surface area contributed by atoms with Gasteiger partial charge in [-0.05, 0) is 57.0 Å². The van der Waals surface area contributed by atoms with Crippen LogP contribution < -0.4 is 15.5 Å². The SMILES string of the molecule is CC(C)(C)OC(=O)N1CCN(c2ccc(Nc3ncc(F)c(-c4ccc5c(c4)CCNC5=O)n3)nc2)CC1. The Morgan fingerprint density at radius 1 is 1.08 bits per heavy atom. The van der Waals surface area contributed by atoms with E-state index in [1.807, 2.05) is 26.8 Å². The van der Waals surface area contributed by atoms with Crippen molar-refractivity contribution in [1.29, 1.82) is 0 Å². The Kier molecular flexibility index (Phi) is 6.83. The summed E-state index contributed by atoms with van der Waals surface area (Å²) in [6.07, 6.45) is 3.24. The maximum Gasteiger partial charge on any atom is 0.410 e. The van der Waals surface area contributed by atoms with Crippen LogP contribution >= 0.6 is 0 Å². The van der Waals surface area contributed by atoms with E-state index in [9.17, 15) is 14.0 Å². The highest BCUT2D eigenvalue weighted by molar-refractivity contribution is 5.97. The van der Waals surface area contributed by atoms with Crippen LogP contribution in [0, 0.1) is 5.82 Å². The molecular weight excluding hydrogens is 489 g/mol. The van der Waals surface area contributed by atoms with E-state index in [1.165, 1.54) is 0 Å². The molecule has 1 saturated heterocycles. The maximum atomic E-state index is 14.6. The smallest absolute Gasteiger partial charge is 0.410 e. The number of carbonyl (C=O) groups is 2. The van der Waals surface area contributed by atoms with Gasteiger partial charge in [0.2, 0.25) is 5.95 Å². The minimum atomic E-state index is -0.551. The lowest BCUT2D eigenvalue weighted by Crippen LogP contribution is -2.50. The van der Waals surface area contributed by atoms with Crippen LogP contribution in [0.15, 0.2) is 42.7 Å². The monoisotopic (exact) mass is 519 g/mol. The zero-order valence-corrected chi connectivity index (χ0v) is 21.6. The van der Waals surface area contributed by atoms with Crippen molar-refractivity contribution in [2.24, 2.45) is 0 Å². The summed E-state index contributed by atoms with van der Waals surface area (Å²) in [6, 6.07) is 8.92. The van der Waals surface area contributed by atoms with E-state index in [1.54, 1.807) is 35.4 Å². The summed E-state index contributed by atoms with van der Waals surface area (Å²) < 4.78 is 20.1. The summed E-state index contributed by atoms with van der Waals surface area (Å²) in [5.41, 5.74) is 2.60. The number of anilines is 3. The number of benzene rings is 1. The first kappa shape index (κ1) is 25.4. The van der Waals surface area contributed by atoms with Crippen LogP contribution in [-0.2, 0) is 11.2 Å². The Hall–Kier alpha value is -4.28. The second-order valence-electron chi connectivity index (χ2n) is 10.2. The molecule has 5 rings (SSSR count). The lowest BCUT2D eigenvalue weighted by molar-refractivity contribution is 0.0240. The van der Waals surface area contributed by atoms with Crippen molar-refractivity contribution in [1.82, 2.24) is 25.2 Å². The molecule has 0 bridgehead atoms. The van der Waals surface area contributed by atoms with Crippen LogP contribution in [0.4, 0.5) is 26.6 Å². The van der Waals surface area contributed by atoms with E-state index in [0.717, 1.165) is 17.4 Å². The number of hydrogen-bond acceptors (Lipinski definition) is 8. The van der Waals surface area contributed by atoms with Gasteiger partial charge >= 0.3 is 6.09 Å². The van der Waals surface area contributed by atoms with E-state index in [0.29, 0.717) is 56.1 Å². The van der Waals surface area contributed by atoms with Crippen LogP contribution in [0.2, 0.25) is 0 Å². The van der Waals surface area contributed by atoms with Crippen LogP contribution in [0.1, 0.15) is 36.7 Å². The second-order valence-corrected chi connectivity index (χ2v) is 10.2. The first-order valence-electron chi connectivity index (χ1n) is 12.6. The fourth-order valence-electron chi connectivity index (χ4n) is 4.44. The number of ether oxygens (including phenoxy) is 1. The molecule has 38 heavy (non-hydrogen) atoms. The number of nitrogens with zero attached hydrogens (tertiary/aromatic N) is 5. The quantitative estimate of drug-likeness (QED) is 0.536. The summed E-state index contributed by atoms with van der Waals surface area (Å²) in [4.78, 5) is 41.1. The maximum absolute atomic E-state index is 14.6. The molecule has 0 radical (unpaired) electrons. The number of aromatic nitrogens is 3. The summed E-state index contributed by atoms with van der Waals surface area (Å²) in [5.74, 6) is 0.0521. The van der Waals surface area contributed by atoms with E-state index >= 15 is 0 Å². The Balaban J connectivity index is 1.24. The van der Waals surface area contributed by atoms with Gasteiger partial charge in [0.15, 0.2) is 5.82 Å². The molecule has 10 nitrogen and oxygen atoms in total. The number of rotatable bonds is 4. The van der Waals surface area contributed by atoms with Gasteiger partial charge in [-0.15, -0.1) is 0 Å². The highest BCUT2D eigenvalue weighted by atomic mass is 19.1. The fourth-order valence-corrected chi connectivity index (χ4v) is 4.44. The number of nitrogens with one attached hydrogen (secondary N) is 2. The third kappa shape index (κ3) is 5.66. The summed E-state index contributed by atoms with van der Waals surface area (Å²) in [6.45, 7) is 8.58. The first-order valence-corrected chi connectivity index (χ1v) is 12.6. The van der Waals surface area contributed by atoms with Crippen molar-refractivity contribution in [3.8, 4) is 11.3 Å². The number of amides is 2. The van der Waals surface area contributed by atoms with Crippen LogP contribution in [-0.4, -0.2) is 70.2 Å². The number of fused-ring (bicyclic) bond motifs is 1. The Bertz CT molecular complexity index is 1350. The lowest BCUT2D eigenvalue weighted by Gasteiger charge is -2.36. The fraction of sp³-hybridized carbons (Fsp3) is 0.370. The van der Waals surface area contributed by atoms with Crippen molar-refractivity contribution in [3.63, 3.8) is 0 Å². The molecular formula is C27H30FN7O3. The highest BCUT2D eigenvalue weighted by Crippen LogP contribution is 2.27. The van der Waals surface area contributed by atoms with Gasteiger partial charge in [0.05, 0.1) is 18.1 Å². The molecule has 0 aliphatic carbocycles. The zero-order valence-electron chi connectivity index (χ0n) is 21.6. The van der Waals surface area contributed by atoms with E-state index in [4.69, 9.17) is 4.74 Å². The van der Waals surface area contributed by atoms with Gasteiger partial charge in [0.25, 0.3) is 5.91 Å². The third-order valence-electron chi connectivity index (χ3n) is 6.33. The van der Waals surface area contributed by atoms with Crippen LogP contribution in [0.5, 0.6) is 0 Å². The standard InChI is InChI=1S/C27H30FN7O3/c1-27(2,3)38-26(37)35-12-10-34(11-13-35)19-5-7-22(30-15-19)32-25-31-16-21(28)23(33-25)18-4-6-20-17(14-18)8-9-29-24(20)36/h4-7,14-16H,8-13H2,1-3H3,(H,29,36)(H,30,31,32,33). The molecule has 2 amide bonds. The summed E-state index contributed by atoms with van der Waals surface area (Å²) >= 11 is 0. The molecule has 0 spiro atoms. The average Bonchev–Trinajstić information content (AvgIpc) is 2.89. The Morgan fingerprint density at radius 2 is 1.87 bits per heavy atom. The molecule has 198 valence electrons. The van der Waals surface area contributed by atoms with Gasteiger partial charge in [-0.2, -0.15) is 0 Å². The average molecular weight is 520 g/mol. The van der Waals surface area contributed by atoms with Crippen molar-refractivity contribution < 1.29 is 18.7 Å². The van der Waals surface area contributed by atoms with E-state index in [-0.39, 0.29) is 23.6 Å². The molecule has 1 aromatic carbocycles. The van der Waals surface area contributed by atoms with Gasteiger partial charge in [0.1, 0.15) is 17.1 Å². The van der Waals surface area contributed by atoms with Gasteiger partial charge in [-0.1, -0.05) is 6.07 Å². The number of carbonyl (C=O) groups excluding carboxylic acids is 2. The molecule has 2 N–H and O–H groups in total. The summed E-state index contributed by atoms with van der Waals surface area (Å²) in [5, 5.41) is 5.84. The minimum Gasteiger partial charge on any atom is -0.444 e. The van der Waals surface area contributed by atoms with Crippen molar-refractivity contribution in [2.75, 3.05) is 42.9 Å². The molecule has 3 aromatic rings. The first-order chi connectivity index (χ1) is 18.2.